The van der Waals surface area contributed by atoms with E-state index < -0.39 is 0 Å². The van der Waals surface area contributed by atoms with Crippen LogP contribution in [0.2, 0.25) is 0 Å². The van der Waals surface area contributed by atoms with Gasteiger partial charge in [0.1, 0.15) is 5.82 Å². The molecule has 1 unspecified atom stereocenters. The van der Waals surface area contributed by atoms with E-state index in [0.717, 1.165) is 33.9 Å². The first kappa shape index (κ1) is 23.1. The zero-order valence-electron chi connectivity index (χ0n) is 18.9. The summed E-state index contributed by atoms with van der Waals surface area (Å²) >= 11 is 1.57. The van der Waals surface area contributed by atoms with Crippen molar-refractivity contribution in [3.63, 3.8) is 0 Å². The van der Waals surface area contributed by atoms with Crippen LogP contribution in [0.3, 0.4) is 0 Å². The third-order valence-electron chi connectivity index (χ3n) is 5.85. The normalized spacial score (nSPS) is 12.2. The minimum Gasteiger partial charge on any atom is -0.383 e. The van der Waals surface area contributed by atoms with E-state index in [4.69, 9.17) is 4.74 Å². The molecule has 0 bridgehead atoms. The van der Waals surface area contributed by atoms with Gasteiger partial charge in [-0.2, -0.15) is 0 Å². The Morgan fingerprint density at radius 2 is 1.91 bits per heavy atom. The Hall–Kier alpha value is -3.03. The van der Waals surface area contributed by atoms with Crippen LogP contribution in [-0.4, -0.2) is 47.0 Å². The molecule has 33 heavy (non-hydrogen) atoms. The van der Waals surface area contributed by atoms with E-state index in [0.29, 0.717) is 26.1 Å². The maximum Gasteiger partial charge on any atom is 0.230 e. The molecule has 0 saturated heterocycles. The van der Waals surface area contributed by atoms with Gasteiger partial charge < -0.3 is 9.64 Å². The highest BCUT2D eigenvalue weighted by molar-refractivity contribution is 7.15. The van der Waals surface area contributed by atoms with Gasteiger partial charge in [-0.15, -0.1) is 11.3 Å². The molecular weight excluding hydrogens is 437 g/mol. The smallest absolute Gasteiger partial charge is 0.230 e. The predicted octanol–water partition coefficient (Wildman–Crippen LogP) is 5.41. The van der Waals surface area contributed by atoms with Crippen LogP contribution in [0.25, 0.3) is 16.2 Å². The van der Waals surface area contributed by atoms with Crippen molar-refractivity contribution >= 4 is 22.2 Å². The summed E-state index contributed by atoms with van der Waals surface area (Å²) in [4.78, 5) is 20.9. The molecule has 2 aromatic carbocycles. The van der Waals surface area contributed by atoms with Crippen LogP contribution < -0.4 is 0 Å². The van der Waals surface area contributed by atoms with Crippen LogP contribution in [0, 0.1) is 5.82 Å². The molecule has 4 aromatic rings. The predicted molar refractivity (Wildman–Crippen MR) is 130 cm³/mol. The molecule has 1 atom stereocenters. The number of fused-ring (bicyclic) bond motifs is 1. The molecule has 0 radical (unpaired) electrons. The van der Waals surface area contributed by atoms with Crippen LogP contribution in [0.15, 0.2) is 66.2 Å². The lowest BCUT2D eigenvalue weighted by Gasteiger charge is -2.27. The number of rotatable bonds is 10. The molecule has 0 fully saturated rings. The second-order valence-corrected chi connectivity index (χ2v) is 8.79. The van der Waals surface area contributed by atoms with Crippen molar-refractivity contribution in [3.05, 3.63) is 83.2 Å². The second kappa shape index (κ2) is 10.7. The molecule has 0 aliphatic carbocycles. The van der Waals surface area contributed by atoms with Crippen LogP contribution in [0.5, 0.6) is 0 Å². The summed E-state index contributed by atoms with van der Waals surface area (Å²) in [6, 6.07) is 16.3. The van der Waals surface area contributed by atoms with Crippen LogP contribution in [0.1, 0.15) is 30.5 Å². The van der Waals surface area contributed by atoms with Crippen molar-refractivity contribution in [2.45, 2.75) is 25.7 Å². The van der Waals surface area contributed by atoms with Crippen molar-refractivity contribution in [2.75, 3.05) is 26.8 Å². The van der Waals surface area contributed by atoms with Gasteiger partial charge >= 0.3 is 0 Å². The monoisotopic (exact) mass is 465 g/mol. The molecule has 7 heteroatoms. The summed E-state index contributed by atoms with van der Waals surface area (Å²) in [6.45, 7) is 3.70. The van der Waals surface area contributed by atoms with Gasteiger partial charge in [0, 0.05) is 49.5 Å². The molecule has 2 heterocycles. The summed E-state index contributed by atoms with van der Waals surface area (Å²) < 4.78 is 20.6. The minimum atomic E-state index is -0.262. The number of carbonyl (C=O) groups excluding carboxylic acids is 1. The number of amides is 1. The lowest BCUT2D eigenvalue weighted by molar-refractivity contribution is -0.133. The van der Waals surface area contributed by atoms with E-state index in [1.54, 1.807) is 30.6 Å². The lowest BCUT2D eigenvalue weighted by atomic mass is 9.95. The Balaban J connectivity index is 1.51. The Morgan fingerprint density at radius 1 is 1.15 bits per heavy atom. The largest absolute Gasteiger partial charge is 0.383 e. The number of benzene rings is 2. The number of thiazole rings is 1. The average Bonchev–Trinajstić information content (AvgIpc) is 3.42. The van der Waals surface area contributed by atoms with Crippen LogP contribution in [-0.2, 0) is 16.0 Å². The van der Waals surface area contributed by atoms with Gasteiger partial charge in [0.25, 0.3) is 0 Å². The molecule has 5 nitrogen and oxygen atoms in total. The van der Waals surface area contributed by atoms with Crippen molar-refractivity contribution in [2.24, 2.45) is 0 Å². The van der Waals surface area contributed by atoms with Crippen molar-refractivity contribution in [1.29, 1.82) is 0 Å². The standard InChI is InChI=1S/C26H28FN3O2S/c1-3-23(19-7-5-4-6-8-19)25(31)29(15-16-32-2)14-13-22-18-33-26-28-24(17-30(22)26)20-9-11-21(27)12-10-20/h4-12,17-18,23H,3,13-16H2,1-2H3. The van der Waals surface area contributed by atoms with Gasteiger partial charge in [0.2, 0.25) is 5.91 Å². The maximum absolute atomic E-state index is 13.4. The van der Waals surface area contributed by atoms with E-state index in [1.165, 1.54) is 12.1 Å². The molecular formula is C26H28FN3O2S. The Morgan fingerprint density at radius 3 is 2.61 bits per heavy atom. The number of aromatic nitrogens is 2. The van der Waals surface area contributed by atoms with Gasteiger partial charge in [0.05, 0.1) is 18.2 Å². The third-order valence-corrected chi connectivity index (χ3v) is 6.74. The van der Waals surface area contributed by atoms with E-state index in [9.17, 15) is 9.18 Å². The molecule has 172 valence electrons. The number of imidazole rings is 1. The van der Waals surface area contributed by atoms with Crippen LogP contribution >= 0.6 is 11.3 Å². The van der Waals surface area contributed by atoms with Crippen molar-refractivity contribution in [3.8, 4) is 11.3 Å². The SMILES string of the molecule is CCC(C(=O)N(CCOC)CCc1csc2nc(-c3ccc(F)cc3)cn12)c1ccccc1. The molecule has 2 aromatic heterocycles. The molecule has 0 spiro atoms. The second-order valence-electron chi connectivity index (χ2n) is 7.95. The summed E-state index contributed by atoms with van der Waals surface area (Å²) in [5, 5.41) is 2.09. The highest BCUT2D eigenvalue weighted by Crippen LogP contribution is 2.25. The Labute approximate surface area is 197 Å². The van der Waals surface area contributed by atoms with E-state index >= 15 is 0 Å². The Bertz CT molecular complexity index is 1190. The fourth-order valence-corrected chi connectivity index (χ4v) is 4.92. The van der Waals surface area contributed by atoms with Gasteiger partial charge in [-0.05, 0) is 36.2 Å². The highest BCUT2D eigenvalue weighted by atomic mass is 32.1. The number of carbonyl (C=O) groups is 1. The van der Waals surface area contributed by atoms with Crippen LogP contribution in [0.4, 0.5) is 4.39 Å². The number of hydrogen-bond acceptors (Lipinski definition) is 4. The number of hydrogen-bond donors (Lipinski definition) is 0. The summed E-state index contributed by atoms with van der Waals surface area (Å²) in [7, 11) is 1.65. The first-order chi connectivity index (χ1) is 16.1. The molecule has 0 saturated carbocycles. The third kappa shape index (κ3) is 5.31. The van der Waals surface area contributed by atoms with E-state index in [1.807, 2.05) is 41.4 Å². The van der Waals surface area contributed by atoms with Crippen molar-refractivity contribution < 1.29 is 13.9 Å². The van der Waals surface area contributed by atoms with E-state index in [-0.39, 0.29) is 17.6 Å². The van der Waals surface area contributed by atoms with Gasteiger partial charge in [-0.1, -0.05) is 37.3 Å². The average molecular weight is 466 g/mol. The van der Waals surface area contributed by atoms with Gasteiger partial charge in [0.15, 0.2) is 4.96 Å². The molecule has 0 aliphatic heterocycles. The molecule has 0 aliphatic rings. The molecule has 0 N–H and O–H groups in total. The number of nitrogens with zero attached hydrogens (tertiary/aromatic N) is 3. The fraction of sp³-hybridized carbons (Fsp3) is 0.308. The first-order valence-electron chi connectivity index (χ1n) is 11.1. The zero-order valence-corrected chi connectivity index (χ0v) is 19.7. The lowest BCUT2D eigenvalue weighted by Crippen LogP contribution is -2.39. The Kier molecular flexibility index (Phi) is 7.52. The number of ether oxygens (including phenoxy) is 1. The highest BCUT2D eigenvalue weighted by Gasteiger charge is 2.24. The number of halogens is 1. The molecule has 1 amide bonds. The maximum atomic E-state index is 13.4. The summed E-state index contributed by atoms with van der Waals surface area (Å²) in [5.74, 6) is -0.295. The summed E-state index contributed by atoms with van der Waals surface area (Å²) in [6.07, 6.45) is 3.44. The van der Waals surface area contributed by atoms with Crippen molar-refractivity contribution in [1.82, 2.24) is 14.3 Å². The van der Waals surface area contributed by atoms with Gasteiger partial charge in [-0.3, -0.25) is 9.20 Å². The number of methoxy groups -OCH3 is 1. The molecule has 4 rings (SSSR count). The zero-order chi connectivity index (χ0) is 23.2. The van der Waals surface area contributed by atoms with E-state index in [2.05, 4.69) is 21.7 Å². The van der Waals surface area contributed by atoms with Gasteiger partial charge in [-0.25, -0.2) is 9.37 Å². The quantitative estimate of drug-likeness (QED) is 0.314. The minimum absolute atomic E-state index is 0.129. The summed E-state index contributed by atoms with van der Waals surface area (Å²) in [5.41, 5.74) is 3.83. The fourth-order valence-electron chi connectivity index (χ4n) is 4.01. The topological polar surface area (TPSA) is 46.8 Å². The first-order valence-corrected chi connectivity index (χ1v) is 12.0.